The maximum atomic E-state index is 5.38. The van der Waals surface area contributed by atoms with Gasteiger partial charge in [0.1, 0.15) is 6.04 Å². The Hall–Kier alpha value is -1.36. The molecule has 0 saturated carbocycles. The molecule has 0 fully saturated rings. The first-order valence-electron chi connectivity index (χ1n) is 5.39. The number of anilines is 1. The van der Waals surface area contributed by atoms with E-state index < -0.39 is 0 Å². The highest BCUT2D eigenvalue weighted by molar-refractivity contribution is 9.10. The van der Waals surface area contributed by atoms with Crippen LogP contribution >= 0.6 is 15.9 Å². The molecular formula is C12H14BrN3O. The molecule has 0 bridgehead atoms. The van der Waals surface area contributed by atoms with Crippen LogP contribution in [-0.2, 0) is 0 Å². The molecule has 1 N–H and O–H groups in total. The Morgan fingerprint density at radius 3 is 2.65 bits per heavy atom. The molecule has 0 aliphatic carbocycles. The van der Waals surface area contributed by atoms with Gasteiger partial charge in [0.05, 0.1) is 0 Å². The van der Waals surface area contributed by atoms with Gasteiger partial charge in [-0.05, 0) is 37.6 Å². The van der Waals surface area contributed by atoms with Crippen molar-refractivity contribution in [1.29, 1.82) is 0 Å². The van der Waals surface area contributed by atoms with Gasteiger partial charge in [0, 0.05) is 17.1 Å². The van der Waals surface area contributed by atoms with Gasteiger partial charge in [-0.3, -0.25) is 0 Å². The summed E-state index contributed by atoms with van der Waals surface area (Å²) in [5.41, 5.74) is 2.22. The van der Waals surface area contributed by atoms with Crippen molar-refractivity contribution in [1.82, 2.24) is 10.2 Å². The van der Waals surface area contributed by atoms with Crippen LogP contribution in [0.1, 0.15) is 30.3 Å². The lowest BCUT2D eigenvalue weighted by Crippen LogP contribution is -2.07. The van der Waals surface area contributed by atoms with E-state index in [0.29, 0.717) is 11.8 Å². The molecule has 1 aromatic heterocycles. The molecule has 0 saturated heterocycles. The van der Waals surface area contributed by atoms with Gasteiger partial charge in [-0.2, -0.15) is 0 Å². The van der Waals surface area contributed by atoms with Crippen LogP contribution in [-0.4, -0.2) is 10.2 Å². The van der Waals surface area contributed by atoms with Crippen LogP contribution in [0.25, 0.3) is 0 Å². The SMILES string of the molecule is Cc1nnc(C(C)Nc2ccc(Br)c(C)c2)o1. The predicted molar refractivity (Wildman–Crippen MR) is 70.0 cm³/mol. The van der Waals surface area contributed by atoms with E-state index in [1.54, 1.807) is 6.92 Å². The van der Waals surface area contributed by atoms with E-state index >= 15 is 0 Å². The average Bonchev–Trinajstić information content (AvgIpc) is 2.70. The molecule has 0 spiro atoms. The van der Waals surface area contributed by atoms with E-state index in [2.05, 4.69) is 44.4 Å². The Morgan fingerprint density at radius 1 is 1.29 bits per heavy atom. The number of hydrogen-bond acceptors (Lipinski definition) is 4. The Kier molecular flexibility index (Phi) is 3.47. The summed E-state index contributed by atoms with van der Waals surface area (Å²) < 4.78 is 6.48. The number of hydrogen-bond donors (Lipinski definition) is 1. The van der Waals surface area contributed by atoms with Crippen LogP contribution in [0.4, 0.5) is 5.69 Å². The molecule has 1 unspecified atom stereocenters. The van der Waals surface area contributed by atoms with Crippen molar-refractivity contribution >= 4 is 21.6 Å². The van der Waals surface area contributed by atoms with Gasteiger partial charge in [-0.25, -0.2) is 0 Å². The fourth-order valence-electron chi connectivity index (χ4n) is 1.53. The zero-order valence-corrected chi connectivity index (χ0v) is 11.6. The highest BCUT2D eigenvalue weighted by atomic mass is 79.9. The third-order valence-corrected chi connectivity index (χ3v) is 3.34. The van der Waals surface area contributed by atoms with Crippen molar-refractivity contribution < 1.29 is 4.42 Å². The number of halogens is 1. The summed E-state index contributed by atoms with van der Waals surface area (Å²) in [6, 6.07) is 6.10. The van der Waals surface area contributed by atoms with Gasteiger partial charge in [-0.1, -0.05) is 15.9 Å². The van der Waals surface area contributed by atoms with E-state index in [1.165, 1.54) is 5.56 Å². The molecule has 17 heavy (non-hydrogen) atoms. The summed E-state index contributed by atoms with van der Waals surface area (Å²) in [7, 11) is 0. The quantitative estimate of drug-likeness (QED) is 0.939. The van der Waals surface area contributed by atoms with E-state index in [-0.39, 0.29) is 6.04 Å². The standard InChI is InChI=1S/C12H14BrN3O/c1-7-6-10(4-5-11(7)13)14-8(2)12-16-15-9(3)17-12/h4-6,8,14H,1-3H3. The molecule has 0 amide bonds. The molecule has 2 rings (SSSR count). The maximum Gasteiger partial charge on any atom is 0.238 e. The Morgan fingerprint density at radius 2 is 2.06 bits per heavy atom. The van der Waals surface area contributed by atoms with Crippen molar-refractivity contribution in [3.05, 3.63) is 40.0 Å². The number of aryl methyl sites for hydroxylation is 2. The summed E-state index contributed by atoms with van der Waals surface area (Å²) in [5.74, 6) is 1.18. The zero-order valence-electron chi connectivity index (χ0n) is 9.99. The minimum Gasteiger partial charge on any atom is -0.423 e. The van der Waals surface area contributed by atoms with Crippen LogP contribution in [0, 0.1) is 13.8 Å². The first kappa shape index (κ1) is 12.1. The Bertz CT molecular complexity index is 524. The van der Waals surface area contributed by atoms with E-state index in [4.69, 9.17) is 4.42 Å². The van der Waals surface area contributed by atoms with Gasteiger partial charge >= 0.3 is 0 Å². The summed E-state index contributed by atoms with van der Waals surface area (Å²) in [5, 5.41) is 11.1. The van der Waals surface area contributed by atoms with Crippen molar-refractivity contribution in [3.63, 3.8) is 0 Å². The van der Waals surface area contributed by atoms with Gasteiger partial charge in [0.25, 0.3) is 0 Å². The first-order valence-corrected chi connectivity index (χ1v) is 6.18. The largest absolute Gasteiger partial charge is 0.423 e. The smallest absolute Gasteiger partial charge is 0.238 e. The maximum absolute atomic E-state index is 5.38. The van der Waals surface area contributed by atoms with Crippen LogP contribution in [0.15, 0.2) is 27.1 Å². The molecule has 1 atom stereocenters. The molecule has 0 aliphatic heterocycles. The minimum absolute atomic E-state index is 0.00299. The minimum atomic E-state index is -0.00299. The fourth-order valence-corrected chi connectivity index (χ4v) is 1.78. The third-order valence-electron chi connectivity index (χ3n) is 2.45. The number of aromatic nitrogens is 2. The first-order chi connectivity index (χ1) is 8.06. The molecule has 0 aliphatic rings. The lowest BCUT2D eigenvalue weighted by molar-refractivity contribution is 0.451. The van der Waals surface area contributed by atoms with Gasteiger partial charge in [0.2, 0.25) is 11.8 Å². The number of nitrogens with one attached hydrogen (secondary N) is 1. The second-order valence-electron chi connectivity index (χ2n) is 3.99. The summed E-state index contributed by atoms with van der Waals surface area (Å²) in [4.78, 5) is 0. The lowest BCUT2D eigenvalue weighted by Gasteiger charge is -2.12. The molecule has 1 heterocycles. The lowest BCUT2D eigenvalue weighted by atomic mass is 10.2. The fraction of sp³-hybridized carbons (Fsp3) is 0.333. The molecule has 5 heteroatoms. The molecule has 2 aromatic rings. The van der Waals surface area contributed by atoms with E-state index in [9.17, 15) is 0 Å². The second-order valence-corrected chi connectivity index (χ2v) is 4.84. The highest BCUT2D eigenvalue weighted by Crippen LogP contribution is 2.23. The topological polar surface area (TPSA) is 51.0 Å². The Labute approximate surface area is 109 Å². The van der Waals surface area contributed by atoms with E-state index in [1.807, 2.05) is 19.1 Å². The summed E-state index contributed by atoms with van der Waals surface area (Å²) >= 11 is 3.48. The average molecular weight is 296 g/mol. The van der Waals surface area contributed by atoms with Gasteiger partial charge in [0.15, 0.2) is 0 Å². The zero-order chi connectivity index (χ0) is 12.4. The number of nitrogens with zero attached hydrogens (tertiary/aromatic N) is 2. The number of rotatable bonds is 3. The van der Waals surface area contributed by atoms with Crippen LogP contribution in [0.2, 0.25) is 0 Å². The highest BCUT2D eigenvalue weighted by Gasteiger charge is 2.12. The predicted octanol–water partition coefficient (Wildman–Crippen LogP) is 3.62. The van der Waals surface area contributed by atoms with Crippen molar-refractivity contribution in [2.45, 2.75) is 26.8 Å². The van der Waals surface area contributed by atoms with Crippen LogP contribution < -0.4 is 5.32 Å². The molecule has 4 nitrogen and oxygen atoms in total. The van der Waals surface area contributed by atoms with Crippen LogP contribution in [0.5, 0.6) is 0 Å². The number of benzene rings is 1. The summed E-state index contributed by atoms with van der Waals surface area (Å²) in [6.45, 7) is 5.83. The normalized spacial score (nSPS) is 12.5. The molecule has 90 valence electrons. The second kappa shape index (κ2) is 4.87. The molecular weight excluding hydrogens is 282 g/mol. The van der Waals surface area contributed by atoms with Crippen molar-refractivity contribution in [3.8, 4) is 0 Å². The monoisotopic (exact) mass is 295 g/mol. The summed E-state index contributed by atoms with van der Waals surface area (Å²) in [6.07, 6.45) is 0. The van der Waals surface area contributed by atoms with Crippen molar-refractivity contribution in [2.24, 2.45) is 0 Å². The third kappa shape index (κ3) is 2.85. The van der Waals surface area contributed by atoms with Crippen molar-refractivity contribution in [2.75, 3.05) is 5.32 Å². The Balaban J connectivity index is 2.12. The molecule has 1 aromatic carbocycles. The molecule has 0 radical (unpaired) electrons. The van der Waals surface area contributed by atoms with Gasteiger partial charge < -0.3 is 9.73 Å². The van der Waals surface area contributed by atoms with E-state index in [0.717, 1.165) is 10.2 Å². The van der Waals surface area contributed by atoms with Gasteiger partial charge in [-0.15, -0.1) is 10.2 Å². The van der Waals surface area contributed by atoms with Crippen LogP contribution in [0.3, 0.4) is 0 Å².